The van der Waals surface area contributed by atoms with Crippen LogP contribution in [0.1, 0.15) is 11.3 Å². The molecule has 0 spiro atoms. The van der Waals surface area contributed by atoms with Crippen LogP contribution >= 0.6 is 23.2 Å². The molecule has 1 amide bonds. The van der Waals surface area contributed by atoms with E-state index in [1.54, 1.807) is 53.4 Å². The smallest absolute Gasteiger partial charge is 0.263 e. The molecule has 2 heterocycles. The van der Waals surface area contributed by atoms with Crippen molar-refractivity contribution < 1.29 is 14.3 Å². The Morgan fingerprint density at radius 3 is 2.39 bits per heavy atom. The third-order valence-corrected chi connectivity index (χ3v) is 6.01. The molecule has 4 aromatic rings. The Bertz CT molecular complexity index is 1420. The Balaban J connectivity index is 1.54. The van der Waals surface area contributed by atoms with E-state index >= 15 is 0 Å². The van der Waals surface area contributed by atoms with Gasteiger partial charge >= 0.3 is 0 Å². The number of benzene rings is 3. The Hall–Kier alpha value is -3.73. The second-order valence-corrected chi connectivity index (χ2v) is 8.30. The Morgan fingerprint density at radius 2 is 1.64 bits per heavy atom. The third-order valence-electron chi connectivity index (χ3n) is 5.27. The maximum atomic E-state index is 13.4. The summed E-state index contributed by atoms with van der Waals surface area (Å²) in [4.78, 5) is 15.0. The van der Waals surface area contributed by atoms with E-state index in [9.17, 15) is 9.90 Å². The van der Waals surface area contributed by atoms with E-state index in [0.717, 1.165) is 11.1 Å². The number of phenolic OH excluding ortho intramolecular Hbond substituents is 1. The highest BCUT2D eigenvalue weighted by Crippen LogP contribution is 2.37. The van der Waals surface area contributed by atoms with Crippen molar-refractivity contribution >= 4 is 46.6 Å². The Kier molecular flexibility index (Phi) is 5.55. The number of hydrogen-bond acceptors (Lipinski definition) is 3. The second kappa shape index (κ2) is 8.66. The van der Waals surface area contributed by atoms with Crippen molar-refractivity contribution in [3.8, 4) is 17.1 Å². The highest BCUT2D eigenvalue weighted by atomic mass is 35.5. The maximum Gasteiger partial charge on any atom is 0.263 e. The quantitative estimate of drug-likeness (QED) is 0.313. The van der Waals surface area contributed by atoms with Crippen LogP contribution in [0.25, 0.3) is 23.1 Å². The van der Waals surface area contributed by atoms with Gasteiger partial charge in [-0.1, -0.05) is 59.6 Å². The predicted octanol–water partition coefficient (Wildman–Crippen LogP) is 7.43. The molecular weight excluding hydrogens is 457 g/mol. The highest BCUT2D eigenvalue weighted by Gasteiger charge is 2.30. The molecule has 0 aliphatic carbocycles. The van der Waals surface area contributed by atoms with Gasteiger partial charge in [0.2, 0.25) is 0 Å². The summed E-state index contributed by atoms with van der Waals surface area (Å²) in [7, 11) is 0. The standard InChI is InChI=1S/C27H17Cl2NO3/c28-23-11-9-18(14-24(23)29)26-12-10-22(33-26)13-19-15-25(17-5-2-1-3-6-17)30(27(19)32)20-7-4-8-21(31)16-20/h1-16,31H/b19-13+. The SMILES string of the molecule is O=C1/C(=C/c2ccc(-c3ccc(Cl)c(Cl)c3)o2)C=C(c2ccccc2)N1c1cccc(O)c1. The van der Waals surface area contributed by atoms with Crippen molar-refractivity contribution in [3.05, 3.63) is 118 Å². The van der Waals surface area contributed by atoms with E-state index < -0.39 is 0 Å². The Morgan fingerprint density at radius 1 is 0.818 bits per heavy atom. The minimum atomic E-state index is -0.216. The van der Waals surface area contributed by atoms with Gasteiger partial charge in [-0.15, -0.1) is 0 Å². The number of hydrogen-bond donors (Lipinski definition) is 1. The minimum Gasteiger partial charge on any atom is -0.508 e. The lowest BCUT2D eigenvalue weighted by Gasteiger charge is -2.21. The van der Waals surface area contributed by atoms with Crippen LogP contribution in [0.15, 0.2) is 101 Å². The lowest BCUT2D eigenvalue weighted by atomic mass is 10.1. The van der Waals surface area contributed by atoms with Gasteiger partial charge in [0.1, 0.15) is 17.3 Å². The molecular formula is C27H17Cl2NO3. The molecule has 0 saturated carbocycles. The first-order chi connectivity index (χ1) is 16.0. The van der Waals surface area contributed by atoms with Crippen LogP contribution in [0.4, 0.5) is 5.69 Å². The zero-order valence-corrected chi connectivity index (χ0v) is 18.7. The monoisotopic (exact) mass is 473 g/mol. The molecule has 1 aromatic heterocycles. The van der Waals surface area contributed by atoms with E-state index in [1.165, 1.54) is 0 Å². The van der Waals surface area contributed by atoms with Gasteiger partial charge < -0.3 is 9.52 Å². The van der Waals surface area contributed by atoms with Gasteiger partial charge in [-0.05, 0) is 60.2 Å². The average molecular weight is 474 g/mol. The summed E-state index contributed by atoms with van der Waals surface area (Å²) >= 11 is 12.1. The Labute approximate surface area is 200 Å². The molecule has 0 atom stereocenters. The molecule has 0 fully saturated rings. The summed E-state index contributed by atoms with van der Waals surface area (Å²) < 4.78 is 5.96. The number of phenols is 1. The normalized spacial score (nSPS) is 14.7. The van der Waals surface area contributed by atoms with Gasteiger partial charge in [-0.3, -0.25) is 9.69 Å². The highest BCUT2D eigenvalue weighted by molar-refractivity contribution is 6.42. The van der Waals surface area contributed by atoms with Crippen molar-refractivity contribution in [2.45, 2.75) is 0 Å². The molecule has 3 aromatic carbocycles. The topological polar surface area (TPSA) is 53.7 Å². The van der Waals surface area contributed by atoms with Crippen LogP contribution in [0.3, 0.4) is 0 Å². The number of aromatic hydroxyl groups is 1. The molecule has 162 valence electrons. The first-order valence-electron chi connectivity index (χ1n) is 10.2. The van der Waals surface area contributed by atoms with Gasteiger partial charge in [-0.25, -0.2) is 0 Å². The summed E-state index contributed by atoms with van der Waals surface area (Å²) in [5, 5.41) is 10.9. The number of carbonyl (C=O) groups is 1. The molecule has 0 bridgehead atoms. The molecule has 0 radical (unpaired) electrons. The summed E-state index contributed by atoms with van der Waals surface area (Å²) in [5.41, 5.74) is 3.43. The summed E-state index contributed by atoms with van der Waals surface area (Å²) in [5.74, 6) is 1.01. The van der Waals surface area contributed by atoms with Crippen LogP contribution in [0, 0.1) is 0 Å². The maximum absolute atomic E-state index is 13.4. The summed E-state index contributed by atoms with van der Waals surface area (Å²) in [6, 6.07) is 25.1. The lowest BCUT2D eigenvalue weighted by Crippen LogP contribution is -2.24. The largest absolute Gasteiger partial charge is 0.508 e. The summed E-state index contributed by atoms with van der Waals surface area (Å²) in [6.07, 6.45) is 3.53. The van der Waals surface area contributed by atoms with Crippen LogP contribution in [0.5, 0.6) is 5.75 Å². The molecule has 6 heteroatoms. The van der Waals surface area contributed by atoms with E-state index in [0.29, 0.717) is 38.5 Å². The fraction of sp³-hybridized carbons (Fsp3) is 0. The number of furan rings is 1. The average Bonchev–Trinajstić information content (AvgIpc) is 3.41. The molecule has 1 aliphatic heterocycles. The van der Waals surface area contributed by atoms with Crippen LogP contribution in [0.2, 0.25) is 10.0 Å². The number of rotatable bonds is 4. The zero-order valence-electron chi connectivity index (χ0n) is 17.2. The molecule has 33 heavy (non-hydrogen) atoms. The van der Waals surface area contributed by atoms with E-state index in [2.05, 4.69) is 0 Å². The van der Waals surface area contributed by atoms with Gasteiger partial charge in [0, 0.05) is 17.2 Å². The van der Waals surface area contributed by atoms with Crippen molar-refractivity contribution in [3.63, 3.8) is 0 Å². The fourth-order valence-corrected chi connectivity index (χ4v) is 4.01. The number of nitrogens with zero attached hydrogens (tertiary/aromatic N) is 1. The predicted molar refractivity (Wildman–Crippen MR) is 132 cm³/mol. The molecule has 4 nitrogen and oxygen atoms in total. The van der Waals surface area contributed by atoms with Gasteiger partial charge in [-0.2, -0.15) is 0 Å². The van der Waals surface area contributed by atoms with Crippen molar-refractivity contribution in [1.29, 1.82) is 0 Å². The van der Waals surface area contributed by atoms with Crippen LogP contribution < -0.4 is 4.90 Å². The lowest BCUT2D eigenvalue weighted by molar-refractivity contribution is -0.113. The van der Waals surface area contributed by atoms with Gasteiger partial charge in [0.05, 0.1) is 21.4 Å². The van der Waals surface area contributed by atoms with Crippen LogP contribution in [-0.2, 0) is 4.79 Å². The third kappa shape index (κ3) is 4.19. The fourth-order valence-electron chi connectivity index (χ4n) is 3.71. The molecule has 5 rings (SSSR count). The molecule has 0 saturated heterocycles. The second-order valence-electron chi connectivity index (χ2n) is 7.49. The van der Waals surface area contributed by atoms with Crippen molar-refractivity contribution in [2.75, 3.05) is 4.90 Å². The van der Waals surface area contributed by atoms with Crippen LogP contribution in [-0.4, -0.2) is 11.0 Å². The van der Waals surface area contributed by atoms with Gasteiger partial charge in [0.15, 0.2) is 0 Å². The van der Waals surface area contributed by atoms with E-state index in [4.69, 9.17) is 27.6 Å². The van der Waals surface area contributed by atoms with Gasteiger partial charge in [0.25, 0.3) is 5.91 Å². The number of halogens is 2. The zero-order chi connectivity index (χ0) is 22.9. The molecule has 1 N–H and O–H groups in total. The number of amides is 1. The van der Waals surface area contributed by atoms with E-state index in [-0.39, 0.29) is 11.7 Å². The molecule has 1 aliphatic rings. The first-order valence-corrected chi connectivity index (χ1v) is 10.9. The minimum absolute atomic E-state index is 0.0856. The molecule has 0 unspecified atom stereocenters. The number of carbonyl (C=O) groups excluding carboxylic acids is 1. The number of anilines is 1. The van der Waals surface area contributed by atoms with E-state index in [1.807, 2.05) is 48.5 Å². The van der Waals surface area contributed by atoms with Crippen molar-refractivity contribution in [1.82, 2.24) is 0 Å². The summed E-state index contributed by atoms with van der Waals surface area (Å²) in [6.45, 7) is 0. The first kappa shape index (κ1) is 21.1. The van der Waals surface area contributed by atoms with Crippen molar-refractivity contribution in [2.24, 2.45) is 0 Å².